The van der Waals surface area contributed by atoms with E-state index in [4.69, 9.17) is 0 Å². The molecule has 1 fully saturated rings. The Hall–Kier alpha value is -1.42. The zero-order valence-corrected chi connectivity index (χ0v) is 11.9. The van der Waals surface area contributed by atoms with E-state index in [1.807, 2.05) is 24.1 Å². The molecule has 1 N–H and O–H groups in total. The maximum absolute atomic E-state index is 12.2. The molecule has 1 aliphatic rings. The minimum Gasteiger partial charge on any atom is -0.341 e. The third-order valence-electron chi connectivity index (χ3n) is 3.73. The van der Waals surface area contributed by atoms with Crippen molar-refractivity contribution >= 4 is 5.91 Å². The van der Waals surface area contributed by atoms with E-state index in [1.54, 1.807) is 0 Å². The van der Waals surface area contributed by atoms with Gasteiger partial charge in [0.2, 0.25) is 5.91 Å². The van der Waals surface area contributed by atoms with Crippen LogP contribution in [0.4, 0.5) is 0 Å². The predicted octanol–water partition coefficient (Wildman–Crippen LogP) is 1.74. The van der Waals surface area contributed by atoms with E-state index < -0.39 is 0 Å². The maximum Gasteiger partial charge on any atom is 0.239 e. The van der Waals surface area contributed by atoms with Crippen LogP contribution in [0.5, 0.6) is 0 Å². The number of amides is 1. The summed E-state index contributed by atoms with van der Waals surface area (Å²) >= 11 is 0. The third-order valence-corrected chi connectivity index (χ3v) is 3.73. The lowest BCUT2D eigenvalue weighted by Crippen LogP contribution is -2.43. The molecule has 1 aromatic rings. The van der Waals surface area contributed by atoms with Crippen LogP contribution in [0.1, 0.15) is 37.9 Å². The number of carbonyl (C=O) groups is 1. The van der Waals surface area contributed by atoms with Gasteiger partial charge in [-0.15, -0.1) is 0 Å². The summed E-state index contributed by atoms with van der Waals surface area (Å²) in [5, 5.41) is 3.30. The molecule has 0 saturated carbocycles. The number of aryl methyl sites for hydroxylation is 1. The van der Waals surface area contributed by atoms with Crippen molar-refractivity contribution in [2.45, 2.75) is 45.7 Å². The van der Waals surface area contributed by atoms with Crippen molar-refractivity contribution in [2.75, 3.05) is 13.1 Å². The van der Waals surface area contributed by atoms with Crippen LogP contribution < -0.4 is 5.32 Å². The normalized spacial score (nSPS) is 16.6. The molecule has 19 heavy (non-hydrogen) atoms. The molecule has 2 heterocycles. The molecule has 0 bridgehead atoms. The highest BCUT2D eigenvalue weighted by atomic mass is 16.2. The number of hydrogen-bond donors (Lipinski definition) is 1. The molecule has 0 aliphatic carbocycles. The topological polar surface area (TPSA) is 45.2 Å². The van der Waals surface area contributed by atoms with Crippen LogP contribution >= 0.6 is 0 Å². The van der Waals surface area contributed by atoms with Crippen LogP contribution in [0, 0.1) is 0 Å². The first-order valence-electron chi connectivity index (χ1n) is 7.17. The van der Waals surface area contributed by atoms with Crippen molar-refractivity contribution in [1.29, 1.82) is 0 Å². The average Bonchev–Trinajstić information content (AvgIpc) is 2.98. The number of nitrogens with one attached hydrogen (secondary N) is 1. The van der Waals surface area contributed by atoms with E-state index in [1.165, 1.54) is 5.56 Å². The SMILES string of the molecule is CCc1cccnc1CNC(C)C(=O)N1CCCC1. The summed E-state index contributed by atoms with van der Waals surface area (Å²) in [6, 6.07) is 3.92. The van der Waals surface area contributed by atoms with Crippen molar-refractivity contribution in [3.05, 3.63) is 29.6 Å². The van der Waals surface area contributed by atoms with Gasteiger partial charge in [-0.3, -0.25) is 9.78 Å². The molecule has 0 aromatic carbocycles. The summed E-state index contributed by atoms with van der Waals surface area (Å²) in [5.74, 6) is 0.214. The van der Waals surface area contributed by atoms with Crippen molar-refractivity contribution in [3.8, 4) is 0 Å². The van der Waals surface area contributed by atoms with E-state index in [2.05, 4.69) is 23.3 Å². The number of aromatic nitrogens is 1. The number of hydrogen-bond acceptors (Lipinski definition) is 3. The van der Waals surface area contributed by atoms with Gasteiger partial charge in [0.1, 0.15) is 0 Å². The zero-order chi connectivity index (χ0) is 13.7. The van der Waals surface area contributed by atoms with Gasteiger partial charge in [-0.2, -0.15) is 0 Å². The maximum atomic E-state index is 12.2. The second kappa shape index (κ2) is 6.66. The Bertz CT molecular complexity index is 427. The number of rotatable bonds is 5. The lowest BCUT2D eigenvalue weighted by molar-refractivity contribution is -0.131. The van der Waals surface area contributed by atoms with Crippen LogP contribution in [-0.2, 0) is 17.8 Å². The summed E-state index contributed by atoms with van der Waals surface area (Å²) < 4.78 is 0. The first-order chi connectivity index (χ1) is 9.22. The smallest absolute Gasteiger partial charge is 0.239 e. The van der Waals surface area contributed by atoms with Gasteiger partial charge in [0.05, 0.1) is 11.7 Å². The molecular formula is C15H23N3O. The number of nitrogens with zero attached hydrogens (tertiary/aromatic N) is 2. The Kier molecular flexibility index (Phi) is 4.91. The highest BCUT2D eigenvalue weighted by Crippen LogP contribution is 2.10. The molecule has 104 valence electrons. The van der Waals surface area contributed by atoms with Gasteiger partial charge in [-0.05, 0) is 37.8 Å². The third kappa shape index (κ3) is 3.53. The van der Waals surface area contributed by atoms with E-state index in [0.29, 0.717) is 6.54 Å². The fourth-order valence-corrected chi connectivity index (χ4v) is 2.50. The fourth-order valence-electron chi connectivity index (χ4n) is 2.50. The monoisotopic (exact) mass is 261 g/mol. The Morgan fingerprint density at radius 1 is 1.47 bits per heavy atom. The van der Waals surface area contributed by atoms with Gasteiger partial charge in [-0.25, -0.2) is 0 Å². The molecule has 1 aliphatic heterocycles. The van der Waals surface area contributed by atoms with Crippen molar-refractivity contribution in [2.24, 2.45) is 0 Å². The van der Waals surface area contributed by atoms with Gasteiger partial charge in [0.15, 0.2) is 0 Å². The first-order valence-corrected chi connectivity index (χ1v) is 7.17. The molecule has 1 aromatic heterocycles. The second-order valence-corrected chi connectivity index (χ2v) is 5.10. The van der Waals surface area contributed by atoms with Crippen molar-refractivity contribution in [3.63, 3.8) is 0 Å². The summed E-state index contributed by atoms with van der Waals surface area (Å²) in [6.45, 7) is 6.54. The molecule has 1 unspecified atom stereocenters. The van der Waals surface area contributed by atoms with Crippen LogP contribution in [0.2, 0.25) is 0 Å². The molecule has 2 rings (SSSR count). The Morgan fingerprint density at radius 2 is 2.21 bits per heavy atom. The largest absolute Gasteiger partial charge is 0.341 e. The van der Waals surface area contributed by atoms with Gasteiger partial charge >= 0.3 is 0 Å². The summed E-state index contributed by atoms with van der Waals surface area (Å²) in [4.78, 5) is 18.5. The Morgan fingerprint density at radius 3 is 2.89 bits per heavy atom. The molecule has 4 nitrogen and oxygen atoms in total. The molecule has 1 atom stereocenters. The van der Waals surface area contributed by atoms with E-state index in [-0.39, 0.29) is 11.9 Å². The van der Waals surface area contributed by atoms with Gasteiger partial charge in [-0.1, -0.05) is 13.0 Å². The van der Waals surface area contributed by atoms with Crippen LogP contribution in [0.15, 0.2) is 18.3 Å². The van der Waals surface area contributed by atoms with E-state index in [9.17, 15) is 4.79 Å². The van der Waals surface area contributed by atoms with Crippen molar-refractivity contribution in [1.82, 2.24) is 15.2 Å². The highest BCUT2D eigenvalue weighted by Gasteiger charge is 2.22. The predicted molar refractivity (Wildman–Crippen MR) is 75.7 cm³/mol. The highest BCUT2D eigenvalue weighted by molar-refractivity contribution is 5.81. The van der Waals surface area contributed by atoms with Gasteiger partial charge in [0, 0.05) is 25.8 Å². The van der Waals surface area contributed by atoms with E-state index >= 15 is 0 Å². The fraction of sp³-hybridized carbons (Fsp3) is 0.600. The molecule has 1 amide bonds. The van der Waals surface area contributed by atoms with Crippen LogP contribution in [0.25, 0.3) is 0 Å². The van der Waals surface area contributed by atoms with Crippen molar-refractivity contribution < 1.29 is 4.79 Å². The van der Waals surface area contributed by atoms with Gasteiger partial charge < -0.3 is 10.2 Å². The summed E-state index contributed by atoms with van der Waals surface area (Å²) in [6.07, 6.45) is 5.06. The Labute approximate surface area is 115 Å². The standard InChI is InChI=1S/C15H23N3O/c1-3-13-7-6-8-16-14(13)11-17-12(2)15(19)18-9-4-5-10-18/h6-8,12,17H,3-5,9-11H2,1-2H3. The Balaban J connectivity index is 1.88. The zero-order valence-electron chi connectivity index (χ0n) is 11.9. The molecule has 1 saturated heterocycles. The summed E-state index contributed by atoms with van der Waals surface area (Å²) in [5.41, 5.74) is 2.29. The quantitative estimate of drug-likeness (QED) is 0.878. The first kappa shape index (κ1) is 14.0. The molecule has 0 radical (unpaired) electrons. The minimum atomic E-state index is -0.134. The van der Waals surface area contributed by atoms with E-state index in [0.717, 1.165) is 38.0 Å². The molecular weight excluding hydrogens is 238 g/mol. The minimum absolute atomic E-state index is 0.134. The van der Waals surface area contributed by atoms with Crippen LogP contribution in [-0.4, -0.2) is 34.9 Å². The lowest BCUT2D eigenvalue weighted by Gasteiger charge is -2.21. The number of likely N-dealkylation sites (tertiary alicyclic amines) is 1. The summed E-state index contributed by atoms with van der Waals surface area (Å²) in [7, 11) is 0. The van der Waals surface area contributed by atoms with Gasteiger partial charge in [0.25, 0.3) is 0 Å². The van der Waals surface area contributed by atoms with Crippen LogP contribution in [0.3, 0.4) is 0 Å². The lowest BCUT2D eigenvalue weighted by atomic mass is 10.1. The number of carbonyl (C=O) groups excluding carboxylic acids is 1. The molecule has 0 spiro atoms. The number of pyridine rings is 1. The average molecular weight is 261 g/mol. The second-order valence-electron chi connectivity index (χ2n) is 5.10. The molecule has 4 heteroatoms.